The van der Waals surface area contributed by atoms with Crippen molar-refractivity contribution in [1.82, 2.24) is 29.5 Å². The molecule has 1 amide bonds. The SMILES string of the molecule is CCCc1cnc(Nc2cc3n(CC(C)(C)C)c(O)c(C(=O)NC4CC4)c(=O)n3n2)cn1. The number of hydrogen-bond acceptors (Lipinski definition) is 7. The highest BCUT2D eigenvalue weighted by Gasteiger charge is 2.30. The monoisotopic (exact) mass is 439 g/mol. The van der Waals surface area contributed by atoms with Crippen molar-refractivity contribution in [2.75, 3.05) is 5.32 Å². The van der Waals surface area contributed by atoms with Crippen molar-refractivity contribution in [2.24, 2.45) is 5.41 Å². The summed E-state index contributed by atoms with van der Waals surface area (Å²) in [5, 5.41) is 21.1. The molecule has 32 heavy (non-hydrogen) atoms. The first kappa shape index (κ1) is 21.8. The number of aromatic hydroxyl groups is 1. The van der Waals surface area contributed by atoms with Gasteiger partial charge < -0.3 is 15.7 Å². The lowest BCUT2D eigenvalue weighted by Gasteiger charge is -2.23. The minimum Gasteiger partial charge on any atom is -0.494 e. The average Bonchev–Trinajstić information content (AvgIpc) is 3.42. The Morgan fingerprint density at radius 2 is 1.97 bits per heavy atom. The number of anilines is 2. The van der Waals surface area contributed by atoms with E-state index in [-0.39, 0.29) is 22.9 Å². The number of aryl methyl sites for hydroxylation is 1. The number of nitrogens with zero attached hydrogens (tertiary/aromatic N) is 5. The van der Waals surface area contributed by atoms with Crippen LogP contribution >= 0.6 is 0 Å². The molecular weight excluding hydrogens is 410 g/mol. The highest BCUT2D eigenvalue weighted by Crippen LogP contribution is 2.27. The molecule has 170 valence electrons. The lowest BCUT2D eigenvalue weighted by Crippen LogP contribution is -2.35. The van der Waals surface area contributed by atoms with Gasteiger partial charge in [0.15, 0.2) is 11.4 Å². The molecule has 0 unspecified atom stereocenters. The summed E-state index contributed by atoms with van der Waals surface area (Å²) in [6, 6.07) is 1.70. The van der Waals surface area contributed by atoms with Gasteiger partial charge in [-0.15, -0.1) is 5.10 Å². The standard InChI is InChI=1S/C22H29N7O3/c1-5-6-14-10-24-16(11-23-14)26-15-9-17-28(12-22(2,3)4)20(31)18(21(32)29(17)27-15)19(30)25-13-7-8-13/h9-11,13,31H,5-8,12H2,1-4H3,(H,25,30)(H,24,26,27). The van der Waals surface area contributed by atoms with Gasteiger partial charge in [0.1, 0.15) is 11.5 Å². The molecule has 1 aliphatic carbocycles. The van der Waals surface area contributed by atoms with Gasteiger partial charge in [0.05, 0.1) is 18.1 Å². The Balaban J connectivity index is 1.77. The molecule has 0 spiro atoms. The Kier molecular flexibility index (Phi) is 5.62. The molecule has 0 bridgehead atoms. The van der Waals surface area contributed by atoms with Gasteiger partial charge in [0.2, 0.25) is 5.88 Å². The minimum absolute atomic E-state index is 0.0529. The van der Waals surface area contributed by atoms with E-state index in [0.29, 0.717) is 23.8 Å². The fraction of sp³-hybridized carbons (Fsp3) is 0.500. The van der Waals surface area contributed by atoms with Crippen LogP contribution < -0.4 is 16.2 Å². The van der Waals surface area contributed by atoms with Gasteiger partial charge in [-0.25, -0.2) is 4.98 Å². The summed E-state index contributed by atoms with van der Waals surface area (Å²) in [5.41, 5.74) is 0.0817. The maximum Gasteiger partial charge on any atom is 0.291 e. The van der Waals surface area contributed by atoms with E-state index < -0.39 is 11.5 Å². The molecule has 10 nitrogen and oxygen atoms in total. The predicted molar refractivity (Wildman–Crippen MR) is 120 cm³/mol. The maximum absolute atomic E-state index is 13.1. The van der Waals surface area contributed by atoms with E-state index in [1.807, 2.05) is 20.8 Å². The molecule has 0 aliphatic heterocycles. The zero-order valence-electron chi connectivity index (χ0n) is 18.8. The summed E-state index contributed by atoms with van der Waals surface area (Å²) < 4.78 is 2.70. The third kappa shape index (κ3) is 4.58. The zero-order valence-corrected chi connectivity index (χ0v) is 18.8. The number of nitrogens with one attached hydrogen (secondary N) is 2. The second kappa shape index (κ2) is 8.25. The topological polar surface area (TPSA) is 126 Å². The summed E-state index contributed by atoms with van der Waals surface area (Å²) in [5.74, 6) is -0.0897. The smallest absolute Gasteiger partial charge is 0.291 e. The summed E-state index contributed by atoms with van der Waals surface area (Å²) in [6.45, 7) is 8.48. The van der Waals surface area contributed by atoms with Crippen molar-refractivity contribution in [1.29, 1.82) is 0 Å². The zero-order chi connectivity index (χ0) is 23.0. The van der Waals surface area contributed by atoms with Crippen molar-refractivity contribution in [2.45, 2.75) is 66.0 Å². The van der Waals surface area contributed by atoms with Gasteiger partial charge in [-0.2, -0.15) is 4.52 Å². The first-order valence-electron chi connectivity index (χ1n) is 10.9. The van der Waals surface area contributed by atoms with Crippen LogP contribution in [0.15, 0.2) is 23.3 Å². The number of amides is 1. The maximum atomic E-state index is 13.1. The highest BCUT2D eigenvalue weighted by atomic mass is 16.3. The average molecular weight is 440 g/mol. The van der Waals surface area contributed by atoms with Gasteiger partial charge in [-0.1, -0.05) is 34.1 Å². The lowest BCUT2D eigenvalue weighted by molar-refractivity contribution is 0.0944. The molecule has 10 heteroatoms. The molecule has 0 aromatic carbocycles. The molecule has 0 atom stereocenters. The van der Waals surface area contributed by atoms with Gasteiger partial charge in [0.25, 0.3) is 11.5 Å². The molecule has 4 rings (SSSR count). The number of rotatable bonds is 7. The second-order valence-electron chi connectivity index (χ2n) is 9.47. The highest BCUT2D eigenvalue weighted by molar-refractivity contribution is 5.96. The Labute approximate surface area is 185 Å². The van der Waals surface area contributed by atoms with E-state index in [2.05, 4.69) is 32.6 Å². The Morgan fingerprint density at radius 1 is 1.22 bits per heavy atom. The van der Waals surface area contributed by atoms with Crippen LogP contribution in [0, 0.1) is 5.41 Å². The predicted octanol–water partition coefficient (Wildman–Crippen LogP) is 2.63. The molecule has 0 saturated heterocycles. The van der Waals surface area contributed by atoms with Crippen LogP contribution in [-0.2, 0) is 13.0 Å². The van der Waals surface area contributed by atoms with Gasteiger partial charge in [0, 0.05) is 18.7 Å². The van der Waals surface area contributed by atoms with Crippen molar-refractivity contribution < 1.29 is 9.90 Å². The number of aromatic nitrogens is 5. The quantitative estimate of drug-likeness (QED) is 0.516. The van der Waals surface area contributed by atoms with Crippen LogP contribution in [0.25, 0.3) is 5.65 Å². The molecular formula is C22H29N7O3. The largest absolute Gasteiger partial charge is 0.494 e. The van der Waals surface area contributed by atoms with Gasteiger partial charge in [-0.3, -0.25) is 19.1 Å². The van der Waals surface area contributed by atoms with Crippen molar-refractivity contribution >= 4 is 23.2 Å². The van der Waals surface area contributed by atoms with Crippen molar-refractivity contribution in [3.05, 3.63) is 40.1 Å². The van der Waals surface area contributed by atoms with E-state index >= 15 is 0 Å². The van der Waals surface area contributed by atoms with E-state index in [4.69, 9.17) is 0 Å². The van der Waals surface area contributed by atoms with Crippen molar-refractivity contribution in [3.63, 3.8) is 0 Å². The van der Waals surface area contributed by atoms with Crippen LogP contribution in [-0.4, -0.2) is 41.2 Å². The van der Waals surface area contributed by atoms with E-state index in [1.54, 1.807) is 23.0 Å². The number of carbonyl (C=O) groups is 1. The number of fused-ring (bicyclic) bond motifs is 1. The molecule has 3 aromatic rings. The van der Waals surface area contributed by atoms with E-state index in [0.717, 1.165) is 35.9 Å². The summed E-state index contributed by atoms with van der Waals surface area (Å²) in [4.78, 5) is 34.5. The minimum atomic E-state index is -0.668. The summed E-state index contributed by atoms with van der Waals surface area (Å²) in [6.07, 6.45) is 6.89. The normalized spacial score (nSPS) is 14.0. The van der Waals surface area contributed by atoms with Gasteiger partial charge in [-0.05, 0) is 24.7 Å². The molecule has 1 fully saturated rings. The first-order chi connectivity index (χ1) is 15.2. The molecule has 1 saturated carbocycles. The molecule has 3 heterocycles. The van der Waals surface area contributed by atoms with Crippen LogP contribution in [0.3, 0.4) is 0 Å². The second-order valence-corrected chi connectivity index (χ2v) is 9.47. The third-order valence-electron chi connectivity index (χ3n) is 5.09. The van der Waals surface area contributed by atoms with Crippen LogP contribution in [0.1, 0.15) is 63.0 Å². The van der Waals surface area contributed by atoms with Crippen LogP contribution in [0.5, 0.6) is 5.88 Å². The summed E-state index contributed by atoms with van der Waals surface area (Å²) in [7, 11) is 0. The van der Waals surface area contributed by atoms with E-state index in [9.17, 15) is 14.7 Å². The molecule has 0 radical (unpaired) electrons. The molecule has 3 aromatic heterocycles. The number of hydrogen-bond donors (Lipinski definition) is 3. The third-order valence-corrected chi connectivity index (χ3v) is 5.09. The molecule has 1 aliphatic rings. The van der Waals surface area contributed by atoms with Crippen molar-refractivity contribution in [3.8, 4) is 5.88 Å². The fourth-order valence-electron chi connectivity index (χ4n) is 3.47. The Morgan fingerprint density at radius 3 is 2.56 bits per heavy atom. The lowest BCUT2D eigenvalue weighted by atomic mass is 9.96. The van der Waals surface area contributed by atoms with Crippen LogP contribution in [0.2, 0.25) is 0 Å². The Hall–Kier alpha value is -3.43. The first-order valence-corrected chi connectivity index (χ1v) is 10.9. The number of carbonyl (C=O) groups excluding carboxylic acids is 1. The van der Waals surface area contributed by atoms with Gasteiger partial charge >= 0.3 is 0 Å². The fourth-order valence-corrected chi connectivity index (χ4v) is 3.47. The van der Waals surface area contributed by atoms with E-state index in [1.165, 1.54) is 0 Å². The summed E-state index contributed by atoms with van der Waals surface area (Å²) >= 11 is 0. The Bertz CT molecular complexity index is 1200. The molecule has 3 N–H and O–H groups in total. The van der Waals surface area contributed by atoms with Crippen LogP contribution in [0.4, 0.5) is 11.6 Å².